The Bertz CT molecular complexity index is 1430. The minimum Gasteiger partial charge on any atom is -0.468 e. The Morgan fingerprint density at radius 2 is 1.62 bits per heavy atom. The Balaban J connectivity index is 1.12. The van der Waals surface area contributed by atoms with E-state index in [1.165, 1.54) is 43.2 Å². The van der Waals surface area contributed by atoms with E-state index in [9.17, 15) is 4.79 Å². The van der Waals surface area contributed by atoms with Gasteiger partial charge in [-0.25, -0.2) is 0 Å². The molecule has 3 aliphatic rings. The normalized spacial score (nSPS) is 23.3. The van der Waals surface area contributed by atoms with Crippen LogP contribution in [-0.2, 0) is 14.0 Å². The molecule has 9 heteroatoms. The smallest absolute Gasteiger partial charge is 0.316 e. The molecule has 0 aliphatic carbocycles. The third kappa shape index (κ3) is 6.56. The Labute approximate surface area is 282 Å². The van der Waals surface area contributed by atoms with E-state index in [0.29, 0.717) is 11.8 Å². The van der Waals surface area contributed by atoms with Gasteiger partial charge in [0.1, 0.15) is 5.92 Å². The molecule has 3 aliphatic heterocycles. The fourth-order valence-electron chi connectivity index (χ4n) is 8.69. The molecule has 6 rings (SSSR count). The molecule has 0 spiro atoms. The molecule has 4 heterocycles. The highest BCUT2D eigenvalue weighted by atomic mass is 28.4. The Hall–Kier alpha value is -2.98. The van der Waals surface area contributed by atoms with Crippen LogP contribution in [0, 0.1) is 5.92 Å². The summed E-state index contributed by atoms with van der Waals surface area (Å²) in [5.74, 6) is 0.749. The van der Waals surface area contributed by atoms with Gasteiger partial charge in [-0.15, -0.1) is 0 Å². The van der Waals surface area contributed by atoms with E-state index in [0.717, 1.165) is 51.7 Å². The SMILES string of the molecule is COC(=O)C(c1cc(N2CCN(C[C@@H]3CC[C@]4(CO[Si](c5ccccc5)(c5ccccc5)C(C)(C)C)CCCN34)CC2)no1)C(C)C. The number of hydrogen-bond acceptors (Lipinski definition) is 8. The lowest BCUT2D eigenvalue weighted by Crippen LogP contribution is -2.68. The first-order valence-corrected chi connectivity index (χ1v) is 19.5. The standard InChI is InChI=1S/C38H54N4O4Si/c1-29(2)35(36(43)44-6)33-26-34(39-46-33)41-24-22-40(23-25-41)27-30-18-20-38(19-13-21-42(30)38)28-45-47(37(3,4)5,31-14-9-7-10-15-31)32-16-11-8-12-17-32/h7-12,14-17,26,29-30,35H,13,18-25,27-28H2,1-6H3/t30-,35?,38-/m0/s1. The second kappa shape index (κ2) is 13.9. The first kappa shape index (κ1) is 33.9. The molecule has 254 valence electrons. The van der Waals surface area contributed by atoms with Gasteiger partial charge in [-0.3, -0.25) is 14.6 Å². The lowest BCUT2D eigenvalue weighted by Gasteiger charge is -2.46. The van der Waals surface area contributed by atoms with E-state index in [4.69, 9.17) is 13.7 Å². The van der Waals surface area contributed by atoms with E-state index in [-0.39, 0.29) is 22.5 Å². The number of ether oxygens (including phenoxy) is 1. The number of carbonyl (C=O) groups is 1. The molecule has 47 heavy (non-hydrogen) atoms. The van der Waals surface area contributed by atoms with Crippen molar-refractivity contribution in [3.05, 3.63) is 72.5 Å². The van der Waals surface area contributed by atoms with Crippen molar-refractivity contribution in [1.29, 1.82) is 0 Å². The van der Waals surface area contributed by atoms with Crippen molar-refractivity contribution >= 4 is 30.5 Å². The number of piperazine rings is 1. The monoisotopic (exact) mass is 658 g/mol. The molecule has 1 unspecified atom stereocenters. The predicted molar refractivity (Wildman–Crippen MR) is 190 cm³/mol. The zero-order chi connectivity index (χ0) is 33.2. The highest BCUT2D eigenvalue weighted by molar-refractivity contribution is 6.99. The summed E-state index contributed by atoms with van der Waals surface area (Å²) in [7, 11) is -1.16. The van der Waals surface area contributed by atoms with E-state index in [2.05, 4.69) is 101 Å². The number of hydrogen-bond donors (Lipinski definition) is 0. The van der Waals surface area contributed by atoms with Gasteiger partial charge >= 0.3 is 5.97 Å². The van der Waals surface area contributed by atoms with E-state index < -0.39 is 14.2 Å². The maximum Gasteiger partial charge on any atom is 0.316 e. The number of nitrogens with zero attached hydrogens (tertiary/aromatic N) is 4. The summed E-state index contributed by atoms with van der Waals surface area (Å²) < 4.78 is 18.2. The number of aromatic nitrogens is 1. The van der Waals surface area contributed by atoms with Crippen molar-refractivity contribution in [3.63, 3.8) is 0 Å². The van der Waals surface area contributed by atoms with Crippen molar-refractivity contribution in [1.82, 2.24) is 15.0 Å². The first-order chi connectivity index (χ1) is 22.6. The van der Waals surface area contributed by atoms with Crippen molar-refractivity contribution < 1.29 is 18.5 Å². The van der Waals surface area contributed by atoms with E-state index in [1.807, 2.05) is 19.9 Å². The molecule has 3 aromatic rings. The predicted octanol–water partition coefficient (Wildman–Crippen LogP) is 5.28. The van der Waals surface area contributed by atoms with Gasteiger partial charge in [0.25, 0.3) is 8.32 Å². The number of anilines is 1. The molecule has 1 aromatic heterocycles. The molecule has 8 nitrogen and oxygen atoms in total. The molecule has 0 radical (unpaired) electrons. The second-order valence-electron chi connectivity index (χ2n) is 15.3. The van der Waals surface area contributed by atoms with Crippen LogP contribution in [0.5, 0.6) is 0 Å². The number of fused-ring (bicyclic) bond motifs is 1. The average molecular weight is 659 g/mol. The molecule has 0 amide bonds. The van der Waals surface area contributed by atoms with Gasteiger partial charge < -0.3 is 18.6 Å². The van der Waals surface area contributed by atoms with Gasteiger partial charge in [-0.05, 0) is 53.6 Å². The fraction of sp³-hybridized carbons (Fsp3) is 0.579. The third-order valence-corrected chi connectivity index (χ3v) is 16.1. The zero-order valence-corrected chi connectivity index (χ0v) is 30.3. The van der Waals surface area contributed by atoms with Crippen LogP contribution < -0.4 is 15.3 Å². The van der Waals surface area contributed by atoms with Crippen LogP contribution >= 0.6 is 0 Å². The summed E-state index contributed by atoms with van der Waals surface area (Å²) in [5, 5.41) is 7.04. The van der Waals surface area contributed by atoms with E-state index in [1.54, 1.807) is 0 Å². The number of rotatable bonds is 11. The molecule has 3 atom stereocenters. The van der Waals surface area contributed by atoms with Crippen LogP contribution in [0.2, 0.25) is 5.04 Å². The van der Waals surface area contributed by atoms with Crippen LogP contribution in [0.25, 0.3) is 0 Å². The molecule has 2 aromatic carbocycles. The van der Waals surface area contributed by atoms with Gasteiger partial charge in [0.2, 0.25) is 0 Å². The summed E-state index contributed by atoms with van der Waals surface area (Å²) in [4.78, 5) is 20.1. The van der Waals surface area contributed by atoms with E-state index >= 15 is 0 Å². The number of methoxy groups -OCH3 is 1. The summed E-state index contributed by atoms with van der Waals surface area (Å²) in [5.41, 5.74) is 0.114. The number of esters is 1. The zero-order valence-electron chi connectivity index (χ0n) is 29.3. The minimum absolute atomic E-state index is 0.0208. The molecule has 0 N–H and O–H groups in total. The van der Waals surface area contributed by atoms with Crippen molar-refractivity contribution in [2.45, 2.75) is 82.8 Å². The average Bonchev–Trinajstić information content (AvgIpc) is 3.79. The Kier molecular flexibility index (Phi) is 10.00. The Morgan fingerprint density at radius 3 is 2.19 bits per heavy atom. The summed E-state index contributed by atoms with van der Waals surface area (Å²) in [6, 6.07) is 24.6. The minimum atomic E-state index is -2.59. The summed E-state index contributed by atoms with van der Waals surface area (Å²) >= 11 is 0. The van der Waals surface area contributed by atoms with Crippen molar-refractivity contribution in [3.8, 4) is 0 Å². The largest absolute Gasteiger partial charge is 0.468 e. The van der Waals surface area contributed by atoms with Gasteiger partial charge in [0.15, 0.2) is 11.6 Å². The maximum atomic E-state index is 12.4. The van der Waals surface area contributed by atoms with Crippen molar-refractivity contribution in [2.75, 3.05) is 57.9 Å². The van der Waals surface area contributed by atoms with Crippen LogP contribution in [0.4, 0.5) is 5.82 Å². The highest BCUT2D eigenvalue weighted by Gasteiger charge is 2.55. The van der Waals surface area contributed by atoms with Gasteiger partial charge in [0.05, 0.1) is 13.7 Å². The lowest BCUT2D eigenvalue weighted by molar-refractivity contribution is -0.144. The number of benzene rings is 2. The first-order valence-electron chi connectivity index (χ1n) is 17.6. The second-order valence-corrected chi connectivity index (χ2v) is 19.6. The topological polar surface area (TPSA) is 71.3 Å². The van der Waals surface area contributed by atoms with Crippen LogP contribution in [0.15, 0.2) is 71.3 Å². The molecule has 0 bridgehead atoms. The van der Waals surface area contributed by atoms with Crippen molar-refractivity contribution in [2.24, 2.45) is 5.92 Å². The molecular formula is C38H54N4O4Si. The summed E-state index contributed by atoms with van der Waals surface area (Å²) in [6.45, 7) is 17.9. The fourth-order valence-corrected chi connectivity index (χ4v) is 13.3. The molecule has 0 saturated carbocycles. The molecule has 3 fully saturated rings. The van der Waals surface area contributed by atoms with Crippen LogP contribution in [0.3, 0.4) is 0 Å². The third-order valence-electron chi connectivity index (χ3n) is 11.1. The highest BCUT2D eigenvalue weighted by Crippen LogP contribution is 2.45. The number of carbonyl (C=O) groups excluding carboxylic acids is 1. The molecule has 3 saturated heterocycles. The van der Waals surface area contributed by atoms with Gasteiger partial charge in [-0.2, -0.15) is 0 Å². The lowest BCUT2D eigenvalue weighted by atomic mass is 9.93. The van der Waals surface area contributed by atoms with Crippen LogP contribution in [0.1, 0.15) is 72.0 Å². The van der Waals surface area contributed by atoms with Gasteiger partial charge in [0, 0.05) is 50.4 Å². The van der Waals surface area contributed by atoms with Crippen LogP contribution in [-0.4, -0.2) is 93.8 Å². The quantitative estimate of drug-likeness (QED) is 0.204. The Morgan fingerprint density at radius 1 is 0.979 bits per heavy atom. The summed E-state index contributed by atoms with van der Waals surface area (Å²) in [6.07, 6.45) is 4.88. The molecular weight excluding hydrogens is 605 g/mol. The van der Waals surface area contributed by atoms with Gasteiger partial charge in [-0.1, -0.05) is 100 Å². The maximum absolute atomic E-state index is 12.4.